The Morgan fingerprint density at radius 1 is 1.04 bits per heavy atom. The molecule has 0 saturated heterocycles. The van der Waals surface area contributed by atoms with Crippen LogP contribution < -0.4 is 10.9 Å². The summed E-state index contributed by atoms with van der Waals surface area (Å²) in [5.74, 6) is -0.856. The first-order valence-corrected chi connectivity index (χ1v) is 8.50. The third-order valence-corrected chi connectivity index (χ3v) is 4.82. The van der Waals surface area contributed by atoms with Crippen LogP contribution >= 0.6 is 0 Å². The van der Waals surface area contributed by atoms with E-state index in [0.717, 1.165) is 47.9 Å². The summed E-state index contributed by atoms with van der Waals surface area (Å²) in [5, 5.41) is 3.39. The lowest BCUT2D eigenvalue weighted by Gasteiger charge is -2.13. The van der Waals surface area contributed by atoms with Gasteiger partial charge in [-0.25, -0.2) is 0 Å². The van der Waals surface area contributed by atoms with Gasteiger partial charge in [-0.2, -0.15) is 13.2 Å². The van der Waals surface area contributed by atoms with Gasteiger partial charge in [0.25, 0.3) is 11.5 Å². The van der Waals surface area contributed by atoms with Gasteiger partial charge < -0.3 is 10.3 Å². The Bertz CT molecular complexity index is 1120. The van der Waals surface area contributed by atoms with Gasteiger partial charge in [0.2, 0.25) is 0 Å². The molecule has 2 N–H and O–H groups in total. The number of anilines is 1. The fourth-order valence-electron chi connectivity index (χ4n) is 3.60. The van der Waals surface area contributed by atoms with E-state index < -0.39 is 23.2 Å². The van der Waals surface area contributed by atoms with Crippen molar-refractivity contribution >= 4 is 22.5 Å². The van der Waals surface area contributed by atoms with Crippen molar-refractivity contribution in [3.05, 3.63) is 75.1 Å². The molecule has 4 nitrogen and oxygen atoms in total. The molecule has 0 aliphatic heterocycles. The second-order valence-electron chi connectivity index (χ2n) is 6.52. The third kappa shape index (κ3) is 3.09. The van der Waals surface area contributed by atoms with Gasteiger partial charge in [-0.05, 0) is 49.1 Å². The highest BCUT2D eigenvalue weighted by molar-refractivity contribution is 6.06. The van der Waals surface area contributed by atoms with Gasteiger partial charge in [0.05, 0.1) is 16.6 Å². The van der Waals surface area contributed by atoms with Crippen LogP contribution in [-0.4, -0.2) is 10.9 Å². The highest BCUT2D eigenvalue weighted by Gasteiger charge is 2.34. The summed E-state index contributed by atoms with van der Waals surface area (Å²) in [6, 6.07) is 9.60. The number of nitrogens with one attached hydrogen (secondary N) is 2. The van der Waals surface area contributed by atoms with Crippen molar-refractivity contribution in [2.75, 3.05) is 5.32 Å². The maximum absolute atomic E-state index is 13.1. The maximum Gasteiger partial charge on any atom is 0.417 e. The SMILES string of the molecule is O=C(Nc1ccc2c3c(c(=O)[nH]c2c1)CCC3)c1ccccc1C(F)(F)F. The third-order valence-electron chi connectivity index (χ3n) is 4.82. The number of aromatic nitrogens is 1. The van der Waals surface area contributed by atoms with Gasteiger partial charge >= 0.3 is 6.18 Å². The molecule has 2 aromatic carbocycles. The Morgan fingerprint density at radius 2 is 1.78 bits per heavy atom. The molecule has 1 heterocycles. The Balaban J connectivity index is 1.70. The van der Waals surface area contributed by atoms with Gasteiger partial charge in [0.15, 0.2) is 0 Å². The number of carbonyl (C=O) groups is 1. The maximum atomic E-state index is 13.1. The van der Waals surface area contributed by atoms with Crippen molar-refractivity contribution in [1.82, 2.24) is 4.98 Å². The van der Waals surface area contributed by atoms with Crippen LogP contribution in [0.15, 0.2) is 47.3 Å². The van der Waals surface area contributed by atoms with E-state index in [-0.39, 0.29) is 5.56 Å². The highest BCUT2D eigenvalue weighted by atomic mass is 19.4. The Morgan fingerprint density at radius 3 is 2.56 bits per heavy atom. The molecular formula is C20H15F3N2O2. The van der Waals surface area contributed by atoms with Gasteiger partial charge in [0.1, 0.15) is 0 Å². The molecule has 0 radical (unpaired) electrons. The van der Waals surface area contributed by atoms with E-state index in [1.165, 1.54) is 12.1 Å². The average Bonchev–Trinajstić information content (AvgIpc) is 3.11. The summed E-state index contributed by atoms with van der Waals surface area (Å²) in [5.41, 5.74) is 1.08. The van der Waals surface area contributed by atoms with E-state index in [9.17, 15) is 22.8 Å². The average molecular weight is 372 g/mol. The molecule has 0 unspecified atom stereocenters. The van der Waals surface area contributed by atoms with E-state index in [1.807, 2.05) is 0 Å². The first-order chi connectivity index (χ1) is 12.8. The van der Waals surface area contributed by atoms with E-state index >= 15 is 0 Å². The van der Waals surface area contributed by atoms with Crippen molar-refractivity contribution in [3.63, 3.8) is 0 Å². The van der Waals surface area contributed by atoms with E-state index in [4.69, 9.17) is 0 Å². The molecule has 0 saturated carbocycles. The molecule has 0 fully saturated rings. The van der Waals surface area contributed by atoms with Crippen molar-refractivity contribution in [2.24, 2.45) is 0 Å². The quantitative estimate of drug-likeness (QED) is 0.705. The van der Waals surface area contributed by atoms with Crippen molar-refractivity contribution < 1.29 is 18.0 Å². The van der Waals surface area contributed by atoms with Crippen LogP contribution in [0.5, 0.6) is 0 Å². The number of aromatic amines is 1. The zero-order valence-corrected chi connectivity index (χ0v) is 14.1. The standard InChI is InChI=1S/C20H15F3N2O2/c21-20(22,23)16-7-2-1-4-15(16)19(27)24-11-8-9-13-12-5-3-6-14(12)18(26)25-17(13)10-11/h1-2,4,7-10H,3,5-6H2,(H,24,27)(H,25,26). The molecule has 138 valence electrons. The minimum absolute atomic E-state index is 0.152. The van der Waals surface area contributed by atoms with Crippen LogP contribution in [0.3, 0.4) is 0 Å². The number of fused-ring (bicyclic) bond motifs is 3. The lowest BCUT2D eigenvalue weighted by molar-refractivity contribution is -0.137. The molecule has 0 spiro atoms. The zero-order chi connectivity index (χ0) is 19.2. The number of hydrogen-bond acceptors (Lipinski definition) is 2. The molecule has 1 amide bonds. The number of amides is 1. The van der Waals surface area contributed by atoms with Crippen LogP contribution in [0.2, 0.25) is 0 Å². The number of pyridine rings is 1. The summed E-state index contributed by atoms with van der Waals surface area (Å²) < 4.78 is 39.3. The van der Waals surface area contributed by atoms with Crippen molar-refractivity contribution in [2.45, 2.75) is 25.4 Å². The second kappa shape index (κ2) is 6.26. The van der Waals surface area contributed by atoms with E-state index in [2.05, 4.69) is 10.3 Å². The van der Waals surface area contributed by atoms with Gasteiger partial charge in [-0.15, -0.1) is 0 Å². The van der Waals surface area contributed by atoms with Crippen LogP contribution in [0, 0.1) is 0 Å². The second-order valence-corrected chi connectivity index (χ2v) is 6.52. The predicted molar refractivity (Wildman–Crippen MR) is 96.0 cm³/mol. The van der Waals surface area contributed by atoms with Gasteiger partial charge in [-0.3, -0.25) is 9.59 Å². The zero-order valence-electron chi connectivity index (χ0n) is 14.1. The van der Waals surface area contributed by atoms with Gasteiger partial charge in [0, 0.05) is 16.6 Å². The topological polar surface area (TPSA) is 62.0 Å². The fraction of sp³-hybridized carbons (Fsp3) is 0.200. The molecular weight excluding hydrogens is 357 g/mol. The molecule has 0 atom stereocenters. The number of halogens is 3. The first kappa shape index (κ1) is 17.3. The summed E-state index contributed by atoms with van der Waals surface area (Å²) in [6.45, 7) is 0. The largest absolute Gasteiger partial charge is 0.417 e. The van der Waals surface area contributed by atoms with Crippen molar-refractivity contribution in [1.29, 1.82) is 0 Å². The lowest BCUT2D eigenvalue weighted by atomic mass is 10.0. The number of carbonyl (C=O) groups excluding carboxylic acids is 1. The van der Waals surface area contributed by atoms with Crippen LogP contribution in [0.1, 0.15) is 33.5 Å². The van der Waals surface area contributed by atoms with Crippen LogP contribution in [-0.2, 0) is 19.0 Å². The molecule has 4 rings (SSSR count). The van der Waals surface area contributed by atoms with E-state index in [1.54, 1.807) is 18.2 Å². The minimum atomic E-state index is -4.62. The number of benzene rings is 2. The monoisotopic (exact) mass is 372 g/mol. The summed E-state index contributed by atoms with van der Waals surface area (Å²) in [6.07, 6.45) is -2.14. The predicted octanol–water partition coefficient (Wildman–Crippen LogP) is 4.29. The first-order valence-electron chi connectivity index (χ1n) is 8.50. The Labute approximate surface area is 152 Å². The highest BCUT2D eigenvalue weighted by Crippen LogP contribution is 2.32. The molecule has 1 aromatic heterocycles. The molecule has 1 aliphatic carbocycles. The molecule has 0 bridgehead atoms. The summed E-state index contributed by atoms with van der Waals surface area (Å²) in [7, 11) is 0. The summed E-state index contributed by atoms with van der Waals surface area (Å²) >= 11 is 0. The molecule has 3 aromatic rings. The number of rotatable bonds is 2. The van der Waals surface area contributed by atoms with Crippen LogP contribution in [0.4, 0.5) is 18.9 Å². The molecule has 1 aliphatic rings. The van der Waals surface area contributed by atoms with Gasteiger partial charge in [-0.1, -0.05) is 18.2 Å². The van der Waals surface area contributed by atoms with E-state index in [0.29, 0.717) is 11.2 Å². The Hall–Kier alpha value is -3.09. The van der Waals surface area contributed by atoms with Crippen molar-refractivity contribution in [3.8, 4) is 0 Å². The molecule has 7 heteroatoms. The number of H-pyrrole nitrogens is 1. The smallest absolute Gasteiger partial charge is 0.322 e. The lowest BCUT2D eigenvalue weighted by Crippen LogP contribution is -2.18. The normalized spacial score (nSPS) is 13.6. The summed E-state index contributed by atoms with van der Waals surface area (Å²) in [4.78, 5) is 27.3. The fourth-order valence-corrected chi connectivity index (χ4v) is 3.60. The number of alkyl halides is 3. The van der Waals surface area contributed by atoms with Crippen LogP contribution in [0.25, 0.3) is 10.9 Å². The Kier molecular flexibility index (Phi) is 4.02. The number of aryl methyl sites for hydroxylation is 1. The molecule has 27 heavy (non-hydrogen) atoms. The number of hydrogen-bond donors (Lipinski definition) is 2. The minimum Gasteiger partial charge on any atom is -0.322 e.